The molecular weight excluding hydrogens is 282 g/mol. The average Bonchev–Trinajstić information content (AvgIpc) is 2.45. The molecule has 2 rings (SSSR count). The molecule has 112 valence electrons. The van der Waals surface area contributed by atoms with Gasteiger partial charge in [-0.25, -0.2) is 17.6 Å². The molecule has 1 nitrogen and oxygen atoms in total. The van der Waals surface area contributed by atoms with Crippen LogP contribution in [0.25, 0.3) is 0 Å². The molecule has 0 aliphatic rings. The molecule has 0 aliphatic heterocycles. The molecule has 2 aromatic carbocycles. The second-order valence-corrected chi connectivity index (χ2v) is 4.91. The van der Waals surface area contributed by atoms with Crippen molar-refractivity contribution in [3.63, 3.8) is 0 Å². The summed E-state index contributed by atoms with van der Waals surface area (Å²) in [6, 6.07) is 3.49. The summed E-state index contributed by atoms with van der Waals surface area (Å²) in [6.07, 6.45) is 0. The highest BCUT2D eigenvalue weighted by molar-refractivity contribution is 5.39. The Labute approximate surface area is 120 Å². The molecule has 0 atom stereocenters. The number of nitrogens with one attached hydrogen (secondary N) is 1. The van der Waals surface area contributed by atoms with Crippen LogP contribution in [0.5, 0.6) is 0 Å². The Hall–Kier alpha value is -1.88. The van der Waals surface area contributed by atoms with Crippen LogP contribution in [0.4, 0.5) is 17.6 Å². The number of rotatable bonds is 3. The molecule has 0 saturated carbocycles. The van der Waals surface area contributed by atoms with Crippen molar-refractivity contribution < 1.29 is 17.6 Å². The first kappa shape index (κ1) is 15.5. The average molecular weight is 297 g/mol. The summed E-state index contributed by atoms with van der Waals surface area (Å²) in [5.74, 6) is -3.32. The van der Waals surface area contributed by atoms with Crippen LogP contribution in [-0.4, -0.2) is 7.05 Å². The van der Waals surface area contributed by atoms with Crippen molar-refractivity contribution in [3.05, 3.63) is 69.8 Å². The second-order valence-electron chi connectivity index (χ2n) is 4.91. The summed E-state index contributed by atoms with van der Waals surface area (Å²) in [7, 11) is 1.40. The molecule has 0 aliphatic carbocycles. The topological polar surface area (TPSA) is 12.0 Å². The molecule has 2 aromatic rings. The molecule has 21 heavy (non-hydrogen) atoms. The Balaban J connectivity index is 2.72. The summed E-state index contributed by atoms with van der Waals surface area (Å²) in [5, 5.41) is 2.59. The van der Waals surface area contributed by atoms with E-state index in [0.29, 0.717) is 0 Å². The predicted octanol–water partition coefficient (Wildman–Crippen LogP) is 4.17. The van der Waals surface area contributed by atoms with Crippen LogP contribution in [0.15, 0.2) is 24.3 Å². The van der Waals surface area contributed by atoms with Gasteiger partial charge >= 0.3 is 0 Å². The third kappa shape index (κ3) is 2.65. The Bertz CT molecular complexity index is 625. The van der Waals surface area contributed by atoms with E-state index in [9.17, 15) is 17.6 Å². The molecule has 0 amide bonds. The van der Waals surface area contributed by atoms with Crippen LogP contribution in [-0.2, 0) is 0 Å². The zero-order valence-electron chi connectivity index (χ0n) is 11.9. The molecule has 0 unspecified atom stereocenters. The molecular formula is C16H15F4N. The van der Waals surface area contributed by atoms with Crippen LogP contribution < -0.4 is 5.32 Å². The SMILES string of the molecule is CNC(c1c(F)ccc(C)c1F)c1c(F)ccc(C)c1F. The summed E-state index contributed by atoms with van der Waals surface area (Å²) in [6.45, 7) is 2.93. The van der Waals surface area contributed by atoms with Gasteiger partial charge in [-0.1, -0.05) is 12.1 Å². The van der Waals surface area contributed by atoms with Crippen molar-refractivity contribution >= 4 is 0 Å². The monoisotopic (exact) mass is 297 g/mol. The number of benzene rings is 2. The van der Waals surface area contributed by atoms with Gasteiger partial charge < -0.3 is 5.32 Å². The van der Waals surface area contributed by atoms with Gasteiger partial charge in [-0.05, 0) is 44.2 Å². The lowest BCUT2D eigenvalue weighted by Crippen LogP contribution is -2.23. The zero-order valence-corrected chi connectivity index (χ0v) is 11.9. The van der Waals surface area contributed by atoms with Crippen LogP contribution in [0, 0.1) is 37.1 Å². The van der Waals surface area contributed by atoms with Crippen molar-refractivity contribution in [2.45, 2.75) is 19.9 Å². The number of halogens is 4. The van der Waals surface area contributed by atoms with E-state index in [4.69, 9.17) is 0 Å². The quantitative estimate of drug-likeness (QED) is 0.839. The highest BCUT2D eigenvalue weighted by Crippen LogP contribution is 2.32. The fourth-order valence-electron chi connectivity index (χ4n) is 2.32. The zero-order chi connectivity index (χ0) is 15.7. The fourth-order valence-corrected chi connectivity index (χ4v) is 2.32. The third-order valence-corrected chi connectivity index (χ3v) is 3.51. The van der Waals surface area contributed by atoms with Gasteiger partial charge in [0.15, 0.2) is 0 Å². The maximum atomic E-state index is 14.2. The van der Waals surface area contributed by atoms with E-state index in [1.807, 2.05) is 0 Å². The lowest BCUT2D eigenvalue weighted by molar-refractivity contribution is 0.480. The van der Waals surface area contributed by atoms with Gasteiger partial charge in [0.2, 0.25) is 0 Å². The maximum absolute atomic E-state index is 14.2. The van der Waals surface area contributed by atoms with E-state index >= 15 is 0 Å². The van der Waals surface area contributed by atoms with Gasteiger partial charge in [0.25, 0.3) is 0 Å². The first-order valence-corrected chi connectivity index (χ1v) is 6.44. The Morgan fingerprint density at radius 3 is 1.48 bits per heavy atom. The molecule has 5 heteroatoms. The minimum absolute atomic E-state index is 0.208. The van der Waals surface area contributed by atoms with Gasteiger partial charge in [-0.3, -0.25) is 0 Å². The molecule has 0 saturated heterocycles. The molecule has 0 heterocycles. The lowest BCUT2D eigenvalue weighted by Gasteiger charge is -2.21. The first-order chi connectivity index (χ1) is 9.88. The minimum atomic E-state index is -1.25. The number of hydrogen-bond acceptors (Lipinski definition) is 1. The van der Waals surface area contributed by atoms with E-state index in [2.05, 4.69) is 5.32 Å². The lowest BCUT2D eigenvalue weighted by atomic mass is 9.94. The van der Waals surface area contributed by atoms with Crippen LogP contribution in [0.2, 0.25) is 0 Å². The van der Waals surface area contributed by atoms with Gasteiger partial charge in [-0.2, -0.15) is 0 Å². The van der Waals surface area contributed by atoms with Crippen LogP contribution >= 0.6 is 0 Å². The van der Waals surface area contributed by atoms with E-state index < -0.39 is 29.3 Å². The highest BCUT2D eigenvalue weighted by Gasteiger charge is 2.27. The van der Waals surface area contributed by atoms with Crippen molar-refractivity contribution in [2.75, 3.05) is 7.05 Å². The summed E-state index contributed by atoms with van der Waals surface area (Å²) < 4.78 is 56.4. The van der Waals surface area contributed by atoms with E-state index in [1.54, 1.807) is 0 Å². The van der Waals surface area contributed by atoms with E-state index in [-0.39, 0.29) is 22.3 Å². The van der Waals surface area contributed by atoms with Crippen molar-refractivity contribution in [1.82, 2.24) is 5.32 Å². The molecule has 0 aromatic heterocycles. The minimum Gasteiger partial charge on any atom is -0.309 e. The second kappa shape index (κ2) is 5.85. The normalized spacial score (nSPS) is 11.2. The van der Waals surface area contributed by atoms with E-state index in [0.717, 1.165) is 12.1 Å². The molecule has 1 N–H and O–H groups in total. The molecule has 0 spiro atoms. The molecule has 0 bridgehead atoms. The van der Waals surface area contributed by atoms with Crippen molar-refractivity contribution in [1.29, 1.82) is 0 Å². The van der Waals surface area contributed by atoms with Crippen LogP contribution in [0.1, 0.15) is 28.3 Å². The van der Waals surface area contributed by atoms with Gasteiger partial charge in [0.1, 0.15) is 23.3 Å². The maximum Gasteiger partial charge on any atom is 0.134 e. The highest BCUT2D eigenvalue weighted by atomic mass is 19.1. The summed E-state index contributed by atoms with van der Waals surface area (Å²) in [4.78, 5) is 0. The van der Waals surface area contributed by atoms with Gasteiger partial charge in [0.05, 0.1) is 6.04 Å². The standard InChI is InChI=1S/C16H15F4N/c1-8-4-6-10(17)12(14(8)19)16(21-3)13-11(18)7-5-9(2)15(13)20/h4-7,16,21H,1-3H3. The summed E-state index contributed by atoms with van der Waals surface area (Å²) >= 11 is 0. The third-order valence-electron chi connectivity index (χ3n) is 3.51. The van der Waals surface area contributed by atoms with Crippen LogP contribution in [0.3, 0.4) is 0 Å². The largest absolute Gasteiger partial charge is 0.309 e. The predicted molar refractivity (Wildman–Crippen MR) is 73.1 cm³/mol. The van der Waals surface area contributed by atoms with Crippen molar-refractivity contribution in [2.24, 2.45) is 0 Å². The smallest absolute Gasteiger partial charge is 0.134 e. The van der Waals surface area contributed by atoms with E-state index in [1.165, 1.54) is 33.0 Å². The fraction of sp³-hybridized carbons (Fsp3) is 0.250. The molecule has 0 radical (unpaired) electrons. The Morgan fingerprint density at radius 2 is 1.14 bits per heavy atom. The number of aryl methyl sites for hydroxylation is 2. The molecule has 0 fully saturated rings. The number of hydrogen-bond donors (Lipinski definition) is 1. The Morgan fingerprint density at radius 1 is 0.762 bits per heavy atom. The van der Waals surface area contributed by atoms with Crippen molar-refractivity contribution in [3.8, 4) is 0 Å². The Kier molecular flexibility index (Phi) is 4.32. The van der Waals surface area contributed by atoms with Gasteiger partial charge in [-0.15, -0.1) is 0 Å². The van der Waals surface area contributed by atoms with Gasteiger partial charge in [0, 0.05) is 11.1 Å². The first-order valence-electron chi connectivity index (χ1n) is 6.44. The summed E-state index contributed by atoms with van der Waals surface area (Å²) in [5.41, 5.74) is -0.359.